The van der Waals surface area contributed by atoms with Gasteiger partial charge in [-0.05, 0) is 30.5 Å². The highest BCUT2D eigenvalue weighted by atomic mass is 16.6. The van der Waals surface area contributed by atoms with Gasteiger partial charge in [-0.1, -0.05) is 13.0 Å². The molecular formula is C15H22N2O3. The predicted octanol–water partition coefficient (Wildman–Crippen LogP) is 1.24. The first-order chi connectivity index (χ1) is 9.69. The van der Waals surface area contributed by atoms with Crippen molar-refractivity contribution in [2.24, 2.45) is 5.73 Å². The molecule has 0 saturated heterocycles. The Kier molecular flexibility index (Phi) is 5.24. The molecule has 20 heavy (non-hydrogen) atoms. The molecule has 1 aliphatic rings. The van der Waals surface area contributed by atoms with E-state index < -0.39 is 0 Å². The van der Waals surface area contributed by atoms with Gasteiger partial charge in [0.1, 0.15) is 13.2 Å². The maximum Gasteiger partial charge on any atom is 0.221 e. The van der Waals surface area contributed by atoms with Gasteiger partial charge in [0.05, 0.1) is 0 Å². The summed E-state index contributed by atoms with van der Waals surface area (Å²) in [6, 6.07) is 5.83. The van der Waals surface area contributed by atoms with E-state index in [2.05, 4.69) is 5.32 Å². The molecule has 0 bridgehead atoms. The second-order valence-electron chi connectivity index (χ2n) is 4.95. The number of rotatable bonds is 6. The van der Waals surface area contributed by atoms with Crippen molar-refractivity contribution in [2.45, 2.75) is 32.2 Å². The van der Waals surface area contributed by atoms with Gasteiger partial charge in [-0.3, -0.25) is 4.79 Å². The molecule has 1 heterocycles. The molecule has 1 unspecified atom stereocenters. The van der Waals surface area contributed by atoms with Crippen LogP contribution in [-0.2, 0) is 11.2 Å². The molecule has 0 fully saturated rings. The quantitative estimate of drug-likeness (QED) is 0.821. The van der Waals surface area contributed by atoms with Gasteiger partial charge in [-0.25, -0.2) is 0 Å². The molecule has 5 heteroatoms. The smallest absolute Gasteiger partial charge is 0.221 e. The molecule has 2 rings (SSSR count). The molecule has 0 aromatic heterocycles. The molecule has 5 nitrogen and oxygen atoms in total. The Morgan fingerprint density at radius 1 is 1.35 bits per heavy atom. The van der Waals surface area contributed by atoms with Crippen molar-refractivity contribution in [2.75, 3.05) is 19.8 Å². The van der Waals surface area contributed by atoms with E-state index in [9.17, 15) is 4.79 Å². The Morgan fingerprint density at radius 2 is 2.10 bits per heavy atom. The Hall–Kier alpha value is -1.75. The summed E-state index contributed by atoms with van der Waals surface area (Å²) in [5, 5.41) is 2.89. The summed E-state index contributed by atoms with van der Waals surface area (Å²) >= 11 is 0. The molecule has 1 aromatic carbocycles. The second-order valence-corrected chi connectivity index (χ2v) is 4.95. The standard InChI is InChI=1S/C15H22N2O3/c1-2-12(16)10-15(18)17-6-5-11-3-4-13-14(9-11)20-8-7-19-13/h3-4,9,12H,2,5-8,10,16H2,1H3,(H,17,18). The third kappa shape index (κ3) is 4.13. The molecule has 0 spiro atoms. The summed E-state index contributed by atoms with van der Waals surface area (Å²) in [4.78, 5) is 11.6. The van der Waals surface area contributed by atoms with Gasteiger partial charge in [0.15, 0.2) is 11.5 Å². The molecule has 0 radical (unpaired) electrons. The Bertz CT molecular complexity index is 462. The van der Waals surface area contributed by atoms with E-state index in [0.717, 1.165) is 29.9 Å². The minimum Gasteiger partial charge on any atom is -0.486 e. The van der Waals surface area contributed by atoms with Gasteiger partial charge in [0.2, 0.25) is 5.91 Å². The first-order valence-electron chi connectivity index (χ1n) is 7.10. The molecule has 3 N–H and O–H groups in total. The largest absolute Gasteiger partial charge is 0.486 e. The van der Waals surface area contributed by atoms with Gasteiger partial charge in [0, 0.05) is 19.0 Å². The van der Waals surface area contributed by atoms with E-state index >= 15 is 0 Å². The number of nitrogens with one attached hydrogen (secondary N) is 1. The van der Waals surface area contributed by atoms with E-state index in [-0.39, 0.29) is 11.9 Å². The van der Waals surface area contributed by atoms with Gasteiger partial charge in [-0.2, -0.15) is 0 Å². The van der Waals surface area contributed by atoms with Crippen LogP contribution in [0.5, 0.6) is 11.5 Å². The number of carbonyl (C=O) groups is 1. The Balaban J connectivity index is 1.78. The van der Waals surface area contributed by atoms with Gasteiger partial charge >= 0.3 is 0 Å². The Morgan fingerprint density at radius 3 is 2.85 bits per heavy atom. The third-order valence-corrected chi connectivity index (χ3v) is 3.31. The second kappa shape index (κ2) is 7.14. The van der Waals surface area contributed by atoms with Crippen molar-refractivity contribution >= 4 is 5.91 Å². The zero-order valence-electron chi connectivity index (χ0n) is 11.9. The maximum atomic E-state index is 11.6. The average molecular weight is 278 g/mol. The van der Waals surface area contributed by atoms with Crippen LogP contribution in [-0.4, -0.2) is 31.7 Å². The summed E-state index contributed by atoms with van der Waals surface area (Å²) in [5.41, 5.74) is 6.86. The maximum absolute atomic E-state index is 11.6. The first-order valence-corrected chi connectivity index (χ1v) is 7.10. The predicted molar refractivity (Wildman–Crippen MR) is 77.0 cm³/mol. The fourth-order valence-corrected chi connectivity index (χ4v) is 2.04. The molecular weight excluding hydrogens is 256 g/mol. The normalized spacial score (nSPS) is 14.7. The minimum atomic E-state index is -0.0516. The molecule has 1 atom stereocenters. The summed E-state index contributed by atoms with van der Waals surface area (Å²) < 4.78 is 11.0. The zero-order chi connectivity index (χ0) is 14.4. The average Bonchev–Trinajstić information content (AvgIpc) is 2.47. The number of nitrogens with two attached hydrogens (primary N) is 1. The number of hydrogen-bond acceptors (Lipinski definition) is 4. The summed E-state index contributed by atoms with van der Waals surface area (Å²) in [6.45, 7) is 3.77. The summed E-state index contributed by atoms with van der Waals surface area (Å²) in [7, 11) is 0. The summed E-state index contributed by atoms with van der Waals surface area (Å²) in [6.07, 6.45) is 1.97. The number of hydrogen-bond donors (Lipinski definition) is 2. The van der Waals surface area contributed by atoms with Crippen LogP contribution < -0.4 is 20.5 Å². The van der Waals surface area contributed by atoms with Crippen molar-refractivity contribution in [3.05, 3.63) is 23.8 Å². The Labute approximate surface area is 119 Å². The minimum absolute atomic E-state index is 0.0110. The third-order valence-electron chi connectivity index (χ3n) is 3.31. The van der Waals surface area contributed by atoms with Crippen molar-refractivity contribution in [1.29, 1.82) is 0 Å². The van der Waals surface area contributed by atoms with Crippen LogP contribution in [0.1, 0.15) is 25.3 Å². The van der Waals surface area contributed by atoms with E-state index in [1.54, 1.807) is 0 Å². The lowest BCUT2D eigenvalue weighted by atomic mass is 10.1. The summed E-state index contributed by atoms with van der Waals surface area (Å²) in [5.74, 6) is 1.59. The molecule has 1 amide bonds. The number of fused-ring (bicyclic) bond motifs is 1. The molecule has 1 aliphatic heterocycles. The van der Waals surface area contributed by atoms with Gasteiger partial charge < -0.3 is 20.5 Å². The van der Waals surface area contributed by atoms with Crippen LogP contribution in [0.3, 0.4) is 0 Å². The first kappa shape index (κ1) is 14.7. The number of amides is 1. The topological polar surface area (TPSA) is 73.6 Å². The van der Waals surface area contributed by atoms with Crippen LogP contribution in [0.15, 0.2) is 18.2 Å². The van der Waals surface area contributed by atoms with Crippen molar-refractivity contribution in [3.8, 4) is 11.5 Å². The number of ether oxygens (including phenoxy) is 2. The number of carbonyl (C=O) groups excluding carboxylic acids is 1. The lowest BCUT2D eigenvalue weighted by molar-refractivity contribution is -0.121. The molecule has 1 aromatic rings. The molecule has 0 saturated carbocycles. The van der Waals surface area contributed by atoms with Crippen LogP contribution in [0, 0.1) is 0 Å². The van der Waals surface area contributed by atoms with E-state index in [4.69, 9.17) is 15.2 Å². The number of benzene rings is 1. The highest BCUT2D eigenvalue weighted by Crippen LogP contribution is 2.30. The monoisotopic (exact) mass is 278 g/mol. The lowest BCUT2D eigenvalue weighted by Gasteiger charge is -2.19. The van der Waals surface area contributed by atoms with Crippen molar-refractivity contribution in [3.63, 3.8) is 0 Å². The SMILES string of the molecule is CCC(N)CC(=O)NCCc1ccc2c(c1)OCCO2. The van der Waals surface area contributed by atoms with Crippen LogP contribution >= 0.6 is 0 Å². The zero-order valence-corrected chi connectivity index (χ0v) is 11.9. The molecule has 0 aliphatic carbocycles. The highest BCUT2D eigenvalue weighted by molar-refractivity contribution is 5.76. The van der Waals surface area contributed by atoms with E-state index in [1.807, 2.05) is 25.1 Å². The van der Waals surface area contributed by atoms with Gasteiger partial charge in [-0.15, -0.1) is 0 Å². The fourth-order valence-electron chi connectivity index (χ4n) is 2.04. The van der Waals surface area contributed by atoms with Gasteiger partial charge in [0.25, 0.3) is 0 Å². The molecule has 110 valence electrons. The van der Waals surface area contributed by atoms with E-state index in [1.165, 1.54) is 0 Å². The van der Waals surface area contributed by atoms with Crippen LogP contribution in [0.4, 0.5) is 0 Å². The highest BCUT2D eigenvalue weighted by Gasteiger charge is 2.12. The van der Waals surface area contributed by atoms with Crippen molar-refractivity contribution < 1.29 is 14.3 Å². The van der Waals surface area contributed by atoms with Crippen molar-refractivity contribution in [1.82, 2.24) is 5.32 Å². The fraction of sp³-hybridized carbons (Fsp3) is 0.533. The van der Waals surface area contributed by atoms with Crippen LogP contribution in [0.2, 0.25) is 0 Å². The van der Waals surface area contributed by atoms with Crippen LogP contribution in [0.25, 0.3) is 0 Å². The lowest BCUT2D eigenvalue weighted by Crippen LogP contribution is -2.32. The van der Waals surface area contributed by atoms with E-state index in [0.29, 0.717) is 26.2 Å².